The fourth-order valence-electron chi connectivity index (χ4n) is 3.41. The number of sulfonamides is 1. The Hall–Kier alpha value is -3.53. The molecule has 1 heterocycles. The largest absolute Gasteiger partial charge is 0.497 e. The Bertz CT molecular complexity index is 1300. The third-order valence-corrected chi connectivity index (χ3v) is 6.03. The molecule has 9 heteroatoms. The van der Waals surface area contributed by atoms with Gasteiger partial charge in [0, 0.05) is 13.0 Å². The minimum absolute atomic E-state index is 0.0510. The summed E-state index contributed by atoms with van der Waals surface area (Å²) < 4.78 is 30.1. The number of nitrogens with two attached hydrogens (primary N) is 1. The molecular weight excluding hydrogens is 438 g/mol. The van der Waals surface area contributed by atoms with Crippen LogP contribution in [-0.4, -0.2) is 30.3 Å². The van der Waals surface area contributed by atoms with Gasteiger partial charge < -0.3 is 10.1 Å². The molecule has 0 aliphatic heterocycles. The van der Waals surface area contributed by atoms with Crippen LogP contribution in [0.4, 0.5) is 0 Å². The topological polar surface area (TPSA) is 112 Å². The Labute approximate surface area is 193 Å². The van der Waals surface area contributed by atoms with Crippen molar-refractivity contribution in [1.82, 2.24) is 20.1 Å². The average molecular weight is 464 g/mol. The van der Waals surface area contributed by atoms with Gasteiger partial charge in [0.2, 0.25) is 10.0 Å². The molecule has 4 aromatic rings. The molecule has 0 unspecified atom stereocenters. The number of ether oxygens (including phenoxy) is 1. The number of nitrogens with one attached hydrogen (secondary N) is 1. The van der Waals surface area contributed by atoms with E-state index in [1.807, 2.05) is 54.6 Å². The van der Waals surface area contributed by atoms with Crippen LogP contribution in [0.2, 0.25) is 0 Å². The third kappa shape index (κ3) is 5.83. The van der Waals surface area contributed by atoms with Crippen LogP contribution in [0, 0.1) is 0 Å². The molecule has 0 radical (unpaired) electrons. The van der Waals surface area contributed by atoms with Gasteiger partial charge in [0.25, 0.3) is 0 Å². The first kappa shape index (κ1) is 22.7. The molecular formula is C24H25N5O3S. The maximum atomic E-state index is 11.6. The van der Waals surface area contributed by atoms with Crippen molar-refractivity contribution < 1.29 is 13.2 Å². The molecule has 1 aromatic heterocycles. The van der Waals surface area contributed by atoms with Crippen molar-refractivity contribution in [3.05, 3.63) is 102 Å². The monoisotopic (exact) mass is 463 g/mol. The Morgan fingerprint density at radius 3 is 2.24 bits per heavy atom. The SMILES string of the molecule is COc1ccc(CNCc2nc(Cc3ccccc3)nn2-c2ccc(S(N)(=O)=O)cc2)cc1. The quantitative estimate of drug-likeness (QED) is 0.395. The fraction of sp³-hybridized carbons (Fsp3) is 0.167. The smallest absolute Gasteiger partial charge is 0.238 e. The summed E-state index contributed by atoms with van der Waals surface area (Å²) in [4.78, 5) is 4.79. The van der Waals surface area contributed by atoms with Crippen LogP contribution in [0.5, 0.6) is 5.75 Å². The second-order valence-corrected chi connectivity index (χ2v) is 9.07. The van der Waals surface area contributed by atoms with Gasteiger partial charge >= 0.3 is 0 Å². The molecule has 0 aliphatic carbocycles. The van der Waals surface area contributed by atoms with Crippen LogP contribution in [0.3, 0.4) is 0 Å². The van der Waals surface area contributed by atoms with Crippen molar-refractivity contribution in [1.29, 1.82) is 0 Å². The number of hydrogen-bond acceptors (Lipinski definition) is 6. The molecule has 0 amide bonds. The van der Waals surface area contributed by atoms with E-state index >= 15 is 0 Å². The average Bonchev–Trinajstić information content (AvgIpc) is 3.22. The molecule has 3 aromatic carbocycles. The normalized spacial score (nSPS) is 11.5. The van der Waals surface area contributed by atoms with Crippen molar-refractivity contribution in [2.24, 2.45) is 5.14 Å². The van der Waals surface area contributed by atoms with Gasteiger partial charge in [0.15, 0.2) is 5.82 Å². The highest BCUT2D eigenvalue weighted by Crippen LogP contribution is 2.16. The zero-order valence-electron chi connectivity index (χ0n) is 18.2. The third-order valence-electron chi connectivity index (χ3n) is 5.10. The van der Waals surface area contributed by atoms with Crippen molar-refractivity contribution in [2.45, 2.75) is 24.4 Å². The molecule has 0 fully saturated rings. The molecule has 3 N–H and O–H groups in total. The number of methoxy groups -OCH3 is 1. The number of benzene rings is 3. The van der Waals surface area contributed by atoms with Gasteiger partial charge in [-0.05, 0) is 47.5 Å². The molecule has 0 saturated heterocycles. The minimum atomic E-state index is -3.76. The summed E-state index contributed by atoms with van der Waals surface area (Å²) in [5.41, 5.74) is 2.93. The molecule has 0 bridgehead atoms. The summed E-state index contributed by atoms with van der Waals surface area (Å²) in [6, 6.07) is 24.1. The van der Waals surface area contributed by atoms with Gasteiger partial charge in [-0.2, -0.15) is 5.10 Å². The molecule has 0 saturated carbocycles. The predicted octanol–water partition coefficient (Wildman–Crippen LogP) is 2.80. The van der Waals surface area contributed by atoms with E-state index in [0.29, 0.717) is 31.0 Å². The lowest BCUT2D eigenvalue weighted by molar-refractivity contribution is 0.414. The van der Waals surface area contributed by atoms with E-state index in [2.05, 4.69) is 10.4 Å². The lowest BCUT2D eigenvalue weighted by atomic mass is 10.1. The standard InChI is InChI=1S/C24H25N5O3S/c1-32-21-11-7-19(8-12-21)16-26-17-24-27-23(15-18-5-3-2-4-6-18)28-29(24)20-9-13-22(14-10-20)33(25,30)31/h2-14,26H,15-17H2,1H3,(H2,25,30,31). The van der Waals surface area contributed by atoms with Gasteiger partial charge in [0.1, 0.15) is 11.6 Å². The first-order chi connectivity index (χ1) is 15.9. The van der Waals surface area contributed by atoms with Crippen LogP contribution < -0.4 is 15.2 Å². The van der Waals surface area contributed by atoms with Crippen LogP contribution >= 0.6 is 0 Å². The lowest BCUT2D eigenvalue weighted by Gasteiger charge is -2.08. The van der Waals surface area contributed by atoms with Gasteiger partial charge in [-0.3, -0.25) is 0 Å². The summed E-state index contributed by atoms with van der Waals surface area (Å²) in [6.07, 6.45) is 0.592. The predicted molar refractivity (Wildman–Crippen MR) is 126 cm³/mol. The van der Waals surface area contributed by atoms with E-state index < -0.39 is 10.0 Å². The number of nitrogens with zero attached hydrogens (tertiary/aromatic N) is 3. The molecule has 170 valence electrons. The highest BCUT2D eigenvalue weighted by molar-refractivity contribution is 7.89. The zero-order valence-corrected chi connectivity index (χ0v) is 19.0. The van der Waals surface area contributed by atoms with E-state index in [0.717, 1.165) is 22.7 Å². The van der Waals surface area contributed by atoms with Crippen LogP contribution in [0.25, 0.3) is 5.69 Å². The fourth-order valence-corrected chi connectivity index (χ4v) is 3.92. The van der Waals surface area contributed by atoms with Gasteiger partial charge in [0.05, 0.1) is 24.2 Å². The van der Waals surface area contributed by atoms with E-state index in [9.17, 15) is 8.42 Å². The number of rotatable bonds is 9. The maximum absolute atomic E-state index is 11.6. The summed E-state index contributed by atoms with van der Waals surface area (Å²) in [5, 5.41) is 13.3. The summed E-state index contributed by atoms with van der Waals surface area (Å²) in [6.45, 7) is 1.12. The van der Waals surface area contributed by atoms with Crippen LogP contribution in [0.15, 0.2) is 83.8 Å². The van der Waals surface area contributed by atoms with E-state index in [1.54, 1.807) is 23.9 Å². The van der Waals surface area contributed by atoms with E-state index in [4.69, 9.17) is 14.9 Å². The van der Waals surface area contributed by atoms with E-state index in [1.165, 1.54) is 12.1 Å². The molecule has 8 nitrogen and oxygen atoms in total. The van der Waals surface area contributed by atoms with Gasteiger partial charge in [-0.25, -0.2) is 23.2 Å². The minimum Gasteiger partial charge on any atom is -0.497 e. The number of primary sulfonamides is 1. The second-order valence-electron chi connectivity index (χ2n) is 7.51. The van der Waals surface area contributed by atoms with Crippen LogP contribution in [0.1, 0.15) is 22.8 Å². The van der Waals surface area contributed by atoms with Crippen molar-refractivity contribution in [3.8, 4) is 11.4 Å². The molecule has 4 rings (SSSR count). The van der Waals surface area contributed by atoms with Gasteiger partial charge in [-0.1, -0.05) is 42.5 Å². The molecule has 0 spiro atoms. The van der Waals surface area contributed by atoms with Crippen LogP contribution in [-0.2, 0) is 29.5 Å². The Kier molecular flexibility index (Phi) is 6.83. The number of aromatic nitrogens is 3. The number of hydrogen-bond donors (Lipinski definition) is 2. The maximum Gasteiger partial charge on any atom is 0.238 e. The van der Waals surface area contributed by atoms with Crippen molar-refractivity contribution in [2.75, 3.05) is 7.11 Å². The molecule has 0 aliphatic rings. The lowest BCUT2D eigenvalue weighted by Crippen LogP contribution is -2.17. The first-order valence-electron chi connectivity index (χ1n) is 10.4. The zero-order chi connectivity index (χ0) is 23.3. The molecule has 0 atom stereocenters. The van der Waals surface area contributed by atoms with Crippen molar-refractivity contribution >= 4 is 10.0 Å². The Balaban J connectivity index is 1.56. The highest BCUT2D eigenvalue weighted by Gasteiger charge is 2.14. The Morgan fingerprint density at radius 2 is 1.61 bits per heavy atom. The second kappa shape index (κ2) is 9.95. The van der Waals surface area contributed by atoms with E-state index in [-0.39, 0.29) is 4.90 Å². The van der Waals surface area contributed by atoms with Crippen molar-refractivity contribution in [3.63, 3.8) is 0 Å². The van der Waals surface area contributed by atoms with Gasteiger partial charge in [-0.15, -0.1) is 0 Å². The summed E-state index contributed by atoms with van der Waals surface area (Å²) in [7, 11) is -2.12. The summed E-state index contributed by atoms with van der Waals surface area (Å²) in [5.74, 6) is 2.21. The highest BCUT2D eigenvalue weighted by atomic mass is 32.2. The summed E-state index contributed by atoms with van der Waals surface area (Å²) >= 11 is 0. The first-order valence-corrected chi connectivity index (χ1v) is 11.9. The Morgan fingerprint density at radius 1 is 0.909 bits per heavy atom. The molecule has 33 heavy (non-hydrogen) atoms.